The number of nitrogens with zero attached hydrogens (tertiary/aromatic N) is 1. The molecule has 3 nitrogen and oxygen atoms in total. The maximum absolute atomic E-state index is 11.5. The van der Waals surface area contributed by atoms with E-state index in [2.05, 4.69) is 33.0 Å². The SMILES string of the molecule is CC(C)C(=O)NC(=S)N(C(C)C)C(C)C. The minimum absolute atomic E-state index is 0.0219. The second kappa shape index (κ2) is 6.05. The molecule has 0 aromatic heterocycles. The third kappa shape index (κ3) is 4.60. The van der Waals surface area contributed by atoms with E-state index >= 15 is 0 Å². The van der Waals surface area contributed by atoms with E-state index in [9.17, 15) is 4.79 Å². The van der Waals surface area contributed by atoms with Crippen LogP contribution in [0.25, 0.3) is 0 Å². The van der Waals surface area contributed by atoms with E-state index in [1.54, 1.807) is 0 Å². The molecule has 0 unspecified atom stereocenters. The number of hydrogen-bond donors (Lipinski definition) is 1. The quantitative estimate of drug-likeness (QED) is 0.754. The Morgan fingerprint density at radius 3 is 1.73 bits per heavy atom. The van der Waals surface area contributed by atoms with E-state index in [0.29, 0.717) is 17.2 Å². The van der Waals surface area contributed by atoms with Crippen LogP contribution in [0.3, 0.4) is 0 Å². The van der Waals surface area contributed by atoms with Crippen molar-refractivity contribution in [2.24, 2.45) is 5.92 Å². The molecule has 0 saturated heterocycles. The highest BCUT2D eigenvalue weighted by molar-refractivity contribution is 7.80. The van der Waals surface area contributed by atoms with Gasteiger partial charge in [0.25, 0.3) is 0 Å². The molecule has 1 N–H and O–H groups in total. The van der Waals surface area contributed by atoms with Crippen LogP contribution in [-0.2, 0) is 4.79 Å². The molecule has 0 aromatic rings. The van der Waals surface area contributed by atoms with Crippen molar-refractivity contribution in [2.75, 3.05) is 0 Å². The van der Waals surface area contributed by atoms with E-state index in [1.165, 1.54) is 0 Å². The number of carbonyl (C=O) groups is 1. The first-order chi connectivity index (χ1) is 6.77. The monoisotopic (exact) mass is 230 g/mol. The molecular weight excluding hydrogens is 208 g/mol. The van der Waals surface area contributed by atoms with Gasteiger partial charge in [0.1, 0.15) is 0 Å². The van der Waals surface area contributed by atoms with Crippen molar-refractivity contribution in [1.82, 2.24) is 10.2 Å². The molecule has 4 heteroatoms. The number of carbonyl (C=O) groups excluding carboxylic acids is 1. The number of rotatable bonds is 3. The van der Waals surface area contributed by atoms with Gasteiger partial charge in [0.05, 0.1) is 0 Å². The number of amides is 1. The van der Waals surface area contributed by atoms with Gasteiger partial charge >= 0.3 is 0 Å². The van der Waals surface area contributed by atoms with Crippen LogP contribution in [0.2, 0.25) is 0 Å². The third-order valence-electron chi connectivity index (χ3n) is 2.10. The lowest BCUT2D eigenvalue weighted by atomic mass is 10.2. The lowest BCUT2D eigenvalue weighted by molar-refractivity contribution is -0.122. The fraction of sp³-hybridized carbons (Fsp3) is 0.818. The van der Waals surface area contributed by atoms with Crippen molar-refractivity contribution in [1.29, 1.82) is 0 Å². The number of hydrogen-bond acceptors (Lipinski definition) is 2. The Morgan fingerprint density at radius 1 is 1.07 bits per heavy atom. The Kier molecular flexibility index (Phi) is 5.80. The van der Waals surface area contributed by atoms with Crippen LogP contribution in [0.1, 0.15) is 41.5 Å². The molecule has 0 spiro atoms. The van der Waals surface area contributed by atoms with E-state index in [4.69, 9.17) is 12.2 Å². The molecule has 1 amide bonds. The van der Waals surface area contributed by atoms with Crippen molar-refractivity contribution < 1.29 is 4.79 Å². The van der Waals surface area contributed by atoms with Crippen LogP contribution in [0.5, 0.6) is 0 Å². The molecular formula is C11H22N2OS. The van der Waals surface area contributed by atoms with Crippen molar-refractivity contribution >= 4 is 23.2 Å². The number of thiocarbonyl (C=S) groups is 1. The number of nitrogens with one attached hydrogen (secondary N) is 1. The van der Waals surface area contributed by atoms with Crippen LogP contribution in [-0.4, -0.2) is 28.0 Å². The lowest BCUT2D eigenvalue weighted by Gasteiger charge is -2.33. The molecule has 0 saturated carbocycles. The summed E-state index contributed by atoms with van der Waals surface area (Å²) in [6.07, 6.45) is 0. The van der Waals surface area contributed by atoms with Gasteiger partial charge in [-0.15, -0.1) is 0 Å². The van der Waals surface area contributed by atoms with Gasteiger partial charge in [-0.3, -0.25) is 4.79 Å². The largest absolute Gasteiger partial charge is 0.344 e. The summed E-state index contributed by atoms with van der Waals surface area (Å²) >= 11 is 5.22. The smallest absolute Gasteiger partial charge is 0.228 e. The minimum atomic E-state index is -0.0378. The van der Waals surface area contributed by atoms with Crippen LogP contribution in [0, 0.1) is 5.92 Å². The molecule has 0 aliphatic heterocycles. The molecule has 0 heterocycles. The first-order valence-electron chi connectivity index (χ1n) is 5.40. The molecule has 0 aromatic carbocycles. The van der Waals surface area contributed by atoms with Gasteiger partial charge in [-0.05, 0) is 39.9 Å². The van der Waals surface area contributed by atoms with Gasteiger partial charge in [0.2, 0.25) is 5.91 Å². The van der Waals surface area contributed by atoms with E-state index in [1.807, 2.05) is 18.7 Å². The molecule has 0 aliphatic rings. The van der Waals surface area contributed by atoms with Crippen molar-refractivity contribution in [3.05, 3.63) is 0 Å². The molecule has 88 valence electrons. The molecule has 0 aliphatic carbocycles. The molecule has 15 heavy (non-hydrogen) atoms. The van der Waals surface area contributed by atoms with Gasteiger partial charge < -0.3 is 10.2 Å². The molecule has 0 atom stereocenters. The fourth-order valence-electron chi connectivity index (χ4n) is 1.38. The summed E-state index contributed by atoms with van der Waals surface area (Å²) in [6, 6.07) is 0.593. The average Bonchev–Trinajstić information content (AvgIpc) is 2.01. The highest BCUT2D eigenvalue weighted by Gasteiger charge is 2.19. The van der Waals surface area contributed by atoms with Crippen LogP contribution in [0.4, 0.5) is 0 Å². The Balaban J connectivity index is 4.47. The predicted octanol–water partition coefficient (Wildman–Crippen LogP) is 2.16. The summed E-state index contributed by atoms with van der Waals surface area (Å²) in [4.78, 5) is 13.5. The Bertz CT molecular complexity index is 229. The predicted molar refractivity (Wildman–Crippen MR) is 67.7 cm³/mol. The van der Waals surface area contributed by atoms with E-state index in [0.717, 1.165) is 0 Å². The molecule has 0 bridgehead atoms. The van der Waals surface area contributed by atoms with Crippen molar-refractivity contribution in [2.45, 2.75) is 53.6 Å². The Labute approximate surface area is 98.2 Å². The van der Waals surface area contributed by atoms with Crippen molar-refractivity contribution in [3.8, 4) is 0 Å². The topological polar surface area (TPSA) is 32.3 Å². The van der Waals surface area contributed by atoms with Crippen LogP contribution >= 0.6 is 12.2 Å². The average molecular weight is 230 g/mol. The summed E-state index contributed by atoms with van der Waals surface area (Å²) in [7, 11) is 0. The third-order valence-corrected chi connectivity index (χ3v) is 2.41. The van der Waals surface area contributed by atoms with Gasteiger partial charge in [-0.2, -0.15) is 0 Å². The van der Waals surface area contributed by atoms with Crippen LogP contribution in [0.15, 0.2) is 0 Å². The normalized spacial score (nSPS) is 11.0. The van der Waals surface area contributed by atoms with Crippen molar-refractivity contribution in [3.63, 3.8) is 0 Å². The standard InChI is InChI=1S/C11H22N2OS/c1-7(2)10(14)12-11(15)13(8(3)4)9(5)6/h7-9H,1-6H3,(H,12,14,15). The lowest BCUT2D eigenvalue weighted by Crippen LogP contribution is -2.50. The van der Waals surface area contributed by atoms with E-state index < -0.39 is 0 Å². The Morgan fingerprint density at radius 2 is 1.47 bits per heavy atom. The second-order valence-electron chi connectivity index (χ2n) is 4.54. The summed E-state index contributed by atoms with van der Waals surface area (Å²) in [6.45, 7) is 12.0. The molecule has 0 rings (SSSR count). The zero-order valence-electron chi connectivity index (χ0n) is 10.5. The fourth-order valence-corrected chi connectivity index (χ4v) is 1.90. The first kappa shape index (κ1) is 14.4. The maximum Gasteiger partial charge on any atom is 0.228 e. The molecule has 0 radical (unpaired) electrons. The summed E-state index contributed by atoms with van der Waals surface area (Å²) < 4.78 is 0. The zero-order chi connectivity index (χ0) is 12.2. The molecule has 0 fully saturated rings. The Hall–Kier alpha value is -0.640. The van der Waals surface area contributed by atoms with Gasteiger partial charge in [0.15, 0.2) is 5.11 Å². The van der Waals surface area contributed by atoms with Gasteiger partial charge in [-0.1, -0.05) is 13.8 Å². The first-order valence-corrected chi connectivity index (χ1v) is 5.81. The van der Waals surface area contributed by atoms with E-state index in [-0.39, 0.29) is 11.8 Å². The van der Waals surface area contributed by atoms with Crippen LogP contribution < -0.4 is 5.32 Å². The minimum Gasteiger partial charge on any atom is -0.344 e. The zero-order valence-corrected chi connectivity index (χ0v) is 11.3. The van der Waals surface area contributed by atoms with Gasteiger partial charge in [0, 0.05) is 18.0 Å². The summed E-state index contributed by atoms with van der Waals surface area (Å²) in [5, 5.41) is 3.29. The maximum atomic E-state index is 11.5. The summed E-state index contributed by atoms with van der Waals surface area (Å²) in [5.41, 5.74) is 0. The highest BCUT2D eigenvalue weighted by Crippen LogP contribution is 2.06. The van der Waals surface area contributed by atoms with Gasteiger partial charge in [-0.25, -0.2) is 0 Å². The summed E-state index contributed by atoms with van der Waals surface area (Å²) in [5.74, 6) is -0.0598. The second-order valence-corrected chi connectivity index (χ2v) is 4.93. The highest BCUT2D eigenvalue weighted by atomic mass is 32.1.